The minimum Gasteiger partial charge on any atom is -0.253 e. The molecule has 16 heavy (non-hydrogen) atoms. The summed E-state index contributed by atoms with van der Waals surface area (Å²) in [6.45, 7) is 4.01. The van der Waals surface area contributed by atoms with Gasteiger partial charge in [-0.05, 0) is 19.7 Å². The second kappa shape index (κ2) is 5.63. The van der Waals surface area contributed by atoms with Gasteiger partial charge < -0.3 is 0 Å². The monoisotopic (exact) mass is 229 g/mol. The van der Waals surface area contributed by atoms with Gasteiger partial charge in [0.1, 0.15) is 6.07 Å². The molecule has 0 spiro atoms. The molecule has 0 N–H and O–H groups in total. The van der Waals surface area contributed by atoms with Crippen LogP contribution in [0.4, 0.5) is 13.2 Å². The fourth-order valence-electron chi connectivity index (χ4n) is 0.778. The summed E-state index contributed by atoms with van der Waals surface area (Å²) in [6.07, 6.45) is -3.16. The van der Waals surface area contributed by atoms with Crippen molar-refractivity contribution in [3.63, 3.8) is 0 Å². The van der Waals surface area contributed by atoms with Gasteiger partial charge in [0.15, 0.2) is 5.70 Å². The van der Waals surface area contributed by atoms with E-state index >= 15 is 0 Å². The number of aliphatic imine (C=N–C) groups is 2. The number of isocyanates is 1. The highest BCUT2D eigenvalue weighted by molar-refractivity contribution is 5.45. The molecule has 0 aromatic rings. The molecule has 0 amide bonds. The predicted octanol–water partition coefficient (Wildman–Crippen LogP) is 2.27. The van der Waals surface area contributed by atoms with Gasteiger partial charge in [-0.2, -0.15) is 23.4 Å². The quantitative estimate of drug-likeness (QED) is 0.322. The maximum Gasteiger partial charge on any atom is 0.419 e. The van der Waals surface area contributed by atoms with E-state index in [1.165, 1.54) is 6.07 Å². The number of alkyl halides is 3. The van der Waals surface area contributed by atoms with Crippen molar-refractivity contribution in [1.82, 2.24) is 0 Å². The van der Waals surface area contributed by atoms with Crippen LogP contribution >= 0.6 is 0 Å². The average molecular weight is 229 g/mol. The van der Waals surface area contributed by atoms with E-state index in [0.717, 1.165) is 13.0 Å². The summed E-state index contributed by atoms with van der Waals surface area (Å²) >= 11 is 0. The van der Waals surface area contributed by atoms with Gasteiger partial charge in [0.2, 0.25) is 6.08 Å². The van der Waals surface area contributed by atoms with E-state index in [2.05, 4.69) is 16.7 Å². The maximum atomic E-state index is 12.5. The Bertz CT molecular complexity index is 434. The van der Waals surface area contributed by atoms with Crippen molar-refractivity contribution in [2.24, 2.45) is 9.98 Å². The van der Waals surface area contributed by atoms with E-state index in [1.807, 2.05) is 0 Å². The van der Waals surface area contributed by atoms with Gasteiger partial charge in [-0.1, -0.05) is 0 Å². The Kier molecular flexibility index (Phi) is 4.86. The summed E-state index contributed by atoms with van der Waals surface area (Å²) < 4.78 is 37.4. The molecule has 7 heteroatoms. The van der Waals surface area contributed by atoms with E-state index < -0.39 is 17.4 Å². The van der Waals surface area contributed by atoms with Crippen LogP contribution in [0, 0.1) is 11.3 Å². The molecule has 0 aromatic heterocycles. The predicted molar refractivity (Wildman–Crippen MR) is 50.1 cm³/mol. The third kappa shape index (κ3) is 3.90. The number of carbonyl (C=O) groups excluding carboxylic acids is 1. The Morgan fingerprint density at radius 2 is 2.06 bits per heavy atom. The van der Waals surface area contributed by atoms with Gasteiger partial charge in [-0.15, -0.1) is 0 Å². The molecular formula is C9H6F3N3O. The van der Waals surface area contributed by atoms with E-state index in [0.29, 0.717) is 6.08 Å². The molecule has 0 aliphatic carbocycles. The second-order valence-electron chi connectivity index (χ2n) is 2.52. The zero-order chi connectivity index (χ0) is 12.8. The minimum absolute atomic E-state index is 0.237. The first-order valence-electron chi connectivity index (χ1n) is 3.81. The van der Waals surface area contributed by atoms with Crippen molar-refractivity contribution in [3.8, 4) is 6.07 Å². The lowest BCUT2D eigenvalue weighted by Crippen LogP contribution is -2.12. The largest absolute Gasteiger partial charge is 0.419 e. The molecule has 0 saturated carbocycles. The van der Waals surface area contributed by atoms with Gasteiger partial charge in [0, 0.05) is 0 Å². The van der Waals surface area contributed by atoms with Gasteiger partial charge >= 0.3 is 6.18 Å². The Morgan fingerprint density at radius 3 is 2.38 bits per heavy atom. The molecule has 0 saturated heterocycles. The third-order valence-electron chi connectivity index (χ3n) is 1.40. The zero-order valence-electron chi connectivity index (χ0n) is 8.17. The van der Waals surface area contributed by atoms with E-state index in [9.17, 15) is 18.0 Å². The smallest absolute Gasteiger partial charge is 0.253 e. The summed E-state index contributed by atoms with van der Waals surface area (Å²) in [5.74, 6) is 0. The van der Waals surface area contributed by atoms with Crippen LogP contribution in [0.1, 0.15) is 6.92 Å². The molecule has 0 radical (unpaired) electrons. The molecule has 0 atom stereocenters. The Balaban J connectivity index is 5.75. The van der Waals surface area contributed by atoms with Crippen molar-refractivity contribution in [3.05, 3.63) is 23.0 Å². The number of nitrogens with zero attached hydrogens (tertiary/aromatic N) is 3. The number of rotatable bonds is 3. The fourth-order valence-corrected chi connectivity index (χ4v) is 0.778. The summed E-state index contributed by atoms with van der Waals surface area (Å²) in [5.41, 5.74) is -2.42. The number of nitriles is 1. The molecule has 0 aromatic carbocycles. The zero-order valence-corrected chi connectivity index (χ0v) is 8.17. The highest BCUT2D eigenvalue weighted by atomic mass is 19.4. The molecule has 0 aliphatic rings. The molecule has 0 rings (SSSR count). The molecule has 0 fully saturated rings. The second-order valence-corrected chi connectivity index (χ2v) is 2.52. The summed E-state index contributed by atoms with van der Waals surface area (Å²) in [7, 11) is 0. The first kappa shape index (κ1) is 13.8. The minimum atomic E-state index is -4.77. The van der Waals surface area contributed by atoms with Crippen LogP contribution in [0.25, 0.3) is 0 Å². The molecule has 0 heterocycles. The average Bonchev–Trinajstić information content (AvgIpc) is 2.17. The van der Waals surface area contributed by atoms with Crippen LogP contribution in [-0.2, 0) is 4.79 Å². The van der Waals surface area contributed by atoms with E-state index in [-0.39, 0.29) is 5.70 Å². The first-order chi connectivity index (χ1) is 7.36. The normalized spacial score (nSPS) is 13.3. The molecule has 0 bridgehead atoms. The molecular weight excluding hydrogens is 223 g/mol. The number of allylic oxidation sites excluding steroid dienone is 4. The van der Waals surface area contributed by atoms with E-state index in [1.54, 1.807) is 0 Å². The van der Waals surface area contributed by atoms with Crippen molar-refractivity contribution < 1.29 is 18.0 Å². The van der Waals surface area contributed by atoms with Crippen molar-refractivity contribution in [2.45, 2.75) is 13.1 Å². The number of hydrogen-bond donors (Lipinski definition) is 0. The highest BCUT2D eigenvalue weighted by Gasteiger charge is 2.35. The number of hydrogen-bond acceptors (Lipinski definition) is 4. The van der Waals surface area contributed by atoms with Crippen molar-refractivity contribution >= 4 is 12.8 Å². The molecule has 4 nitrogen and oxygen atoms in total. The van der Waals surface area contributed by atoms with E-state index in [4.69, 9.17) is 5.26 Å². The lowest BCUT2D eigenvalue weighted by molar-refractivity contribution is -0.0888. The highest BCUT2D eigenvalue weighted by Crippen LogP contribution is 2.30. The van der Waals surface area contributed by atoms with Crippen LogP contribution in [0.5, 0.6) is 0 Å². The van der Waals surface area contributed by atoms with Crippen molar-refractivity contribution in [1.29, 1.82) is 5.26 Å². The van der Waals surface area contributed by atoms with Gasteiger partial charge in [0.25, 0.3) is 0 Å². The van der Waals surface area contributed by atoms with Gasteiger partial charge in [-0.25, -0.2) is 4.79 Å². The molecule has 84 valence electrons. The Morgan fingerprint density at radius 1 is 1.50 bits per heavy atom. The Labute approximate surface area is 89.1 Å². The summed E-state index contributed by atoms with van der Waals surface area (Å²) in [4.78, 5) is 15.8. The third-order valence-corrected chi connectivity index (χ3v) is 1.40. The molecule has 0 aliphatic heterocycles. The standard InChI is InChI=1S/C9H6F3N3O/c1-6(15-5-16)3-7(9(10,11)12)8(4-13)14-2/h3H,2H2,1H3/b6-3+,8-7+. The van der Waals surface area contributed by atoms with Crippen molar-refractivity contribution in [2.75, 3.05) is 0 Å². The van der Waals surface area contributed by atoms with Gasteiger partial charge in [-0.3, -0.25) is 4.99 Å². The first-order valence-corrected chi connectivity index (χ1v) is 3.81. The van der Waals surface area contributed by atoms with Crippen LogP contribution in [0.15, 0.2) is 33.0 Å². The summed E-state index contributed by atoms with van der Waals surface area (Å²) in [5, 5.41) is 8.42. The van der Waals surface area contributed by atoms with Gasteiger partial charge in [0.05, 0.1) is 11.3 Å². The Hall–Kier alpha value is -2.19. The lowest BCUT2D eigenvalue weighted by Gasteiger charge is -2.08. The van der Waals surface area contributed by atoms with Crippen LogP contribution < -0.4 is 0 Å². The fraction of sp³-hybridized carbons (Fsp3) is 0.222. The SMILES string of the molecule is C=N/C(C#N)=C(\C=C(/C)N=C=O)C(F)(F)F. The van der Waals surface area contributed by atoms with Crippen LogP contribution in [-0.4, -0.2) is 19.0 Å². The van der Waals surface area contributed by atoms with Crippen LogP contribution in [0.2, 0.25) is 0 Å². The lowest BCUT2D eigenvalue weighted by atomic mass is 10.1. The topological polar surface area (TPSA) is 65.6 Å². The van der Waals surface area contributed by atoms with Crippen LogP contribution in [0.3, 0.4) is 0 Å². The number of halogens is 3. The maximum absolute atomic E-state index is 12.5. The summed E-state index contributed by atoms with van der Waals surface area (Å²) in [6, 6.07) is 1.25. The molecule has 0 unspecified atom stereocenters.